The van der Waals surface area contributed by atoms with Crippen molar-refractivity contribution < 1.29 is 9.90 Å². The average molecular weight is 260 g/mol. The minimum absolute atomic E-state index is 0.155. The fraction of sp³-hybridized carbons (Fsp3) is 0.462. The molecular weight excluding hydrogens is 244 g/mol. The van der Waals surface area contributed by atoms with Gasteiger partial charge in [-0.25, -0.2) is 9.78 Å². The van der Waals surface area contributed by atoms with Crippen molar-refractivity contribution >= 4 is 17.4 Å². The number of hydrogen-bond acceptors (Lipinski definition) is 4. The molecule has 6 heteroatoms. The highest BCUT2D eigenvalue weighted by Gasteiger charge is 2.19. The number of fused-ring (bicyclic) bond motifs is 1. The number of anilines is 1. The zero-order valence-electron chi connectivity index (χ0n) is 10.8. The van der Waals surface area contributed by atoms with Crippen LogP contribution in [0.5, 0.6) is 0 Å². The Hall–Kier alpha value is -2.11. The van der Waals surface area contributed by atoms with E-state index in [1.807, 2.05) is 13.0 Å². The second-order valence-electron chi connectivity index (χ2n) is 4.90. The fourth-order valence-corrected chi connectivity index (χ4v) is 2.56. The van der Waals surface area contributed by atoms with Crippen LogP contribution in [-0.4, -0.2) is 38.8 Å². The van der Waals surface area contributed by atoms with Gasteiger partial charge >= 0.3 is 5.97 Å². The van der Waals surface area contributed by atoms with E-state index in [0.29, 0.717) is 5.65 Å². The first-order valence-corrected chi connectivity index (χ1v) is 6.50. The van der Waals surface area contributed by atoms with Gasteiger partial charge in [-0.2, -0.15) is 9.61 Å². The zero-order chi connectivity index (χ0) is 13.4. The van der Waals surface area contributed by atoms with Crippen molar-refractivity contribution in [1.29, 1.82) is 0 Å². The Morgan fingerprint density at radius 3 is 2.74 bits per heavy atom. The van der Waals surface area contributed by atoms with Gasteiger partial charge < -0.3 is 10.0 Å². The number of carbonyl (C=O) groups is 1. The molecule has 19 heavy (non-hydrogen) atoms. The monoisotopic (exact) mass is 260 g/mol. The Bertz CT molecular complexity index is 629. The molecule has 0 bridgehead atoms. The van der Waals surface area contributed by atoms with Crippen LogP contribution in [0.1, 0.15) is 35.3 Å². The SMILES string of the molecule is Cc1cc(N2CCCCC2)n2ncc(C(=O)O)c2n1. The van der Waals surface area contributed by atoms with Gasteiger partial charge in [-0.15, -0.1) is 0 Å². The first kappa shape index (κ1) is 12.0. The third-order valence-corrected chi connectivity index (χ3v) is 3.49. The van der Waals surface area contributed by atoms with Crippen LogP contribution in [0.3, 0.4) is 0 Å². The third-order valence-electron chi connectivity index (χ3n) is 3.49. The molecule has 0 unspecified atom stereocenters. The van der Waals surface area contributed by atoms with Crippen molar-refractivity contribution in [3.05, 3.63) is 23.5 Å². The summed E-state index contributed by atoms with van der Waals surface area (Å²) in [5.41, 5.74) is 1.39. The number of aryl methyl sites for hydroxylation is 1. The summed E-state index contributed by atoms with van der Waals surface area (Å²) in [6, 6.07) is 1.97. The van der Waals surface area contributed by atoms with Crippen LogP contribution >= 0.6 is 0 Å². The Morgan fingerprint density at radius 2 is 2.05 bits per heavy atom. The number of aromatic nitrogens is 3. The Balaban J connectivity index is 2.15. The van der Waals surface area contributed by atoms with E-state index in [2.05, 4.69) is 15.0 Å². The van der Waals surface area contributed by atoms with Crippen LogP contribution in [0.25, 0.3) is 5.65 Å². The predicted octanol–water partition coefficient (Wildman–Crippen LogP) is 1.73. The summed E-state index contributed by atoms with van der Waals surface area (Å²) in [5, 5.41) is 13.3. The molecule has 2 aromatic heterocycles. The summed E-state index contributed by atoms with van der Waals surface area (Å²) in [5.74, 6) is -0.0487. The Morgan fingerprint density at radius 1 is 1.32 bits per heavy atom. The third kappa shape index (κ3) is 2.03. The molecule has 3 heterocycles. The highest BCUT2D eigenvalue weighted by atomic mass is 16.4. The van der Waals surface area contributed by atoms with Crippen molar-refractivity contribution in [1.82, 2.24) is 14.6 Å². The van der Waals surface area contributed by atoms with Crippen LogP contribution in [0.4, 0.5) is 5.82 Å². The minimum Gasteiger partial charge on any atom is -0.477 e. The number of hydrogen-bond donors (Lipinski definition) is 1. The Labute approximate surface area is 110 Å². The minimum atomic E-state index is -0.988. The van der Waals surface area contributed by atoms with Crippen LogP contribution in [-0.2, 0) is 0 Å². The molecule has 0 radical (unpaired) electrons. The van der Waals surface area contributed by atoms with Crippen molar-refractivity contribution in [2.45, 2.75) is 26.2 Å². The van der Waals surface area contributed by atoms with E-state index < -0.39 is 5.97 Å². The molecule has 0 atom stereocenters. The van der Waals surface area contributed by atoms with Gasteiger partial charge in [0.1, 0.15) is 11.4 Å². The summed E-state index contributed by atoms with van der Waals surface area (Å²) in [4.78, 5) is 17.7. The summed E-state index contributed by atoms with van der Waals surface area (Å²) < 4.78 is 1.64. The van der Waals surface area contributed by atoms with Gasteiger partial charge in [-0.1, -0.05) is 0 Å². The summed E-state index contributed by atoms with van der Waals surface area (Å²) in [6.45, 7) is 3.85. The maximum atomic E-state index is 11.2. The van der Waals surface area contributed by atoms with Crippen LogP contribution < -0.4 is 4.90 Å². The highest BCUT2D eigenvalue weighted by Crippen LogP contribution is 2.22. The van der Waals surface area contributed by atoms with Gasteiger partial charge in [0.05, 0.1) is 6.20 Å². The molecule has 0 saturated carbocycles. The lowest BCUT2D eigenvalue weighted by Gasteiger charge is -2.28. The topological polar surface area (TPSA) is 70.7 Å². The number of rotatable bonds is 2. The van der Waals surface area contributed by atoms with E-state index in [0.717, 1.165) is 37.4 Å². The molecular formula is C13H16N4O2. The lowest BCUT2D eigenvalue weighted by Crippen LogP contribution is -2.31. The molecule has 1 saturated heterocycles. The van der Waals surface area contributed by atoms with E-state index >= 15 is 0 Å². The summed E-state index contributed by atoms with van der Waals surface area (Å²) >= 11 is 0. The molecule has 1 fully saturated rings. The fourth-order valence-electron chi connectivity index (χ4n) is 2.56. The second-order valence-corrected chi connectivity index (χ2v) is 4.90. The van der Waals surface area contributed by atoms with E-state index in [-0.39, 0.29) is 5.56 Å². The molecule has 0 amide bonds. The van der Waals surface area contributed by atoms with E-state index in [4.69, 9.17) is 5.11 Å². The molecule has 100 valence electrons. The van der Waals surface area contributed by atoms with E-state index in [1.165, 1.54) is 12.6 Å². The van der Waals surface area contributed by atoms with Gasteiger partial charge in [-0.05, 0) is 26.2 Å². The molecule has 1 N–H and O–H groups in total. The number of carboxylic acid groups (broad SMARTS) is 1. The lowest BCUT2D eigenvalue weighted by molar-refractivity contribution is 0.0699. The zero-order valence-corrected chi connectivity index (χ0v) is 10.8. The largest absolute Gasteiger partial charge is 0.477 e. The van der Waals surface area contributed by atoms with E-state index in [9.17, 15) is 4.79 Å². The number of nitrogens with zero attached hydrogens (tertiary/aromatic N) is 4. The van der Waals surface area contributed by atoms with Crippen molar-refractivity contribution in [3.63, 3.8) is 0 Å². The van der Waals surface area contributed by atoms with Gasteiger partial charge in [0.2, 0.25) is 0 Å². The average Bonchev–Trinajstić information content (AvgIpc) is 2.82. The summed E-state index contributed by atoms with van der Waals surface area (Å²) in [6.07, 6.45) is 4.95. The molecule has 0 aliphatic carbocycles. The standard InChI is InChI=1S/C13H16N4O2/c1-9-7-11(16-5-3-2-4-6-16)17-12(15-9)10(8-14-17)13(18)19/h7-8H,2-6H2,1H3,(H,18,19). The predicted molar refractivity (Wildman–Crippen MR) is 70.7 cm³/mol. The highest BCUT2D eigenvalue weighted by molar-refractivity contribution is 5.94. The maximum Gasteiger partial charge on any atom is 0.341 e. The first-order chi connectivity index (χ1) is 9.16. The van der Waals surface area contributed by atoms with Crippen LogP contribution in [0.15, 0.2) is 12.3 Å². The quantitative estimate of drug-likeness (QED) is 0.890. The van der Waals surface area contributed by atoms with Crippen LogP contribution in [0.2, 0.25) is 0 Å². The van der Waals surface area contributed by atoms with Crippen molar-refractivity contribution in [3.8, 4) is 0 Å². The van der Waals surface area contributed by atoms with E-state index in [1.54, 1.807) is 4.52 Å². The molecule has 3 rings (SSSR count). The van der Waals surface area contributed by atoms with Gasteiger partial charge in [0.15, 0.2) is 5.65 Å². The number of piperidine rings is 1. The molecule has 0 spiro atoms. The molecule has 1 aliphatic heterocycles. The van der Waals surface area contributed by atoms with Crippen molar-refractivity contribution in [2.24, 2.45) is 0 Å². The van der Waals surface area contributed by atoms with Gasteiger partial charge in [0.25, 0.3) is 0 Å². The van der Waals surface area contributed by atoms with Crippen LogP contribution in [0, 0.1) is 6.92 Å². The normalized spacial score (nSPS) is 15.9. The number of aromatic carboxylic acids is 1. The molecule has 2 aromatic rings. The first-order valence-electron chi connectivity index (χ1n) is 6.50. The maximum absolute atomic E-state index is 11.2. The van der Waals surface area contributed by atoms with Crippen molar-refractivity contribution in [2.75, 3.05) is 18.0 Å². The molecule has 0 aromatic carbocycles. The summed E-state index contributed by atoms with van der Waals surface area (Å²) in [7, 11) is 0. The lowest BCUT2D eigenvalue weighted by atomic mass is 10.1. The molecule has 6 nitrogen and oxygen atoms in total. The smallest absolute Gasteiger partial charge is 0.341 e. The van der Waals surface area contributed by atoms with Gasteiger partial charge in [-0.3, -0.25) is 0 Å². The second kappa shape index (κ2) is 4.53. The molecule has 1 aliphatic rings. The Kier molecular flexibility index (Phi) is 2.85. The number of carboxylic acids is 1. The van der Waals surface area contributed by atoms with Gasteiger partial charge in [0, 0.05) is 24.8 Å².